The number of hydrogen-bond acceptors (Lipinski definition) is 7. The molecule has 0 saturated heterocycles. The molecule has 1 atom stereocenters. The first-order valence-electron chi connectivity index (χ1n) is 13.9. The quantitative estimate of drug-likeness (QED) is 0.178. The molecule has 216 valence electrons. The summed E-state index contributed by atoms with van der Waals surface area (Å²) in [4.78, 5) is 39.3. The van der Waals surface area contributed by atoms with E-state index >= 15 is 0 Å². The topological polar surface area (TPSA) is 106 Å². The summed E-state index contributed by atoms with van der Waals surface area (Å²) in [5.41, 5.74) is 6.53. The molecule has 1 unspecified atom stereocenters. The van der Waals surface area contributed by atoms with Gasteiger partial charge in [-0.25, -0.2) is 10.2 Å². The molecule has 1 aliphatic rings. The van der Waals surface area contributed by atoms with E-state index in [2.05, 4.69) is 36.6 Å². The minimum Gasteiger partial charge on any atom is -0.481 e. The number of hydrazone groups is 1. The van der Waals surface area contributed by atoms with E-state index in [-0.39, 0.29) is 17.9 Å². The summed E-state index contributed by atoms with van der Waals surface area (Å²) in [6.07, 6.45) is 4.57. The highest BCUT2D eigenvalue weighted by Gasteiger charge is 2.27. The molecule has 2 amide bonds. The van der Waals surface area contributed by atoms with Crippen molar-refractivity contribution in [2.24, 2.45) is 5.10 Å². The zero-order valence-corrected chi connectivity index (χ0v) is 25.0. The number of carbonyl (C=O) groups excluding carboxylic acids is 3. The van der Waals surface area contributed by atoms with E-state index in [1.807, 2.05) is 24.3 Å². The van der Waals surface area contributed by atoms with Gasteiger partial charge in [-0.15, -0.1) is 11.3 Å². The molecule has 1 heterocycles. The van der Waals surface area contributed by atoms with Crippen molar-refractivity contribution >= 4 is 40.3 Å². The van der Waals surface area contributed by atoms with Gasteiger partial charge < -0.3 is 14.8 Å². The molecule has 3 aromatic rings. The van der Waals surface area contributed by atoms with Crippen LogP contribution in [0.3, 0.4) is 0 Å². The van der Waals surface area contributed by atoms with Crippen molar-refractivity contribution in [3.8, 4) is 5.75 Å². The fourth-order valence-corrected chi connectivity index (χ4v) is 5.79. The standard InChI is InChI=1S/C32H37N3O5S/c1-6-39-31(38)27-25-9-7-8-10-26(25)41-30(27)34-29(37)22-13-17-24(18-14-22)40-20(2)28(36)35-33-19-21-11-15-23(16-12-21)32(3,4)5/h11-20H,6-10H2,1-5H3,(H,34,37)(H,35,36)/b33-19+. The molecular weight excluding hydrogens is 538 g/mol. The van der Waals surface area contributed by atoms with E-state index in [4.69, 9.17) is 9.47 Å². The fourth-order valence-electron chi connectivity index (χ4n) is 4.52. The second-order valence-electron chi connectivity index (χ2n) is 11.0. The number of esters is 1. The molecule has 0 radical (unpaired) electrons. The van der Waals surface area contributed by atoms with Gasteiger partial charge in [-0.3, -0.25) is 9.59 Å². The van der Waals surface area contributed by atoms with Crippen molar-refractivity contribution in [3.63, 3.8) is 0 Å². The lowest BCUT2D eigenvalue weighted by Gasteiger charge is -2.18. The largest absolute Gasteiger partial charge is 0.481 e. The van der Waals surface area contributed by atoms with Crippen LogP contribution in [-0.4, -0.2) is 36.7 Å². The van der Waals surface area contributed by atoms with Gasteiger partial charge in [-0.2, -0.15) is 5.10 Å². The molecule has 4 rings (SSSR count). The number of benzene rings is 2. The van der Waals surface area contributed by atoms with Crippen LogP contribution >= 0.6 is 11.3 Å². The fraction of sp³-hybridized carbons (Fsp3) is 0.375. The second kappa shape index (κ2) is 13.1. The third-order valence-corrected chi connectivity index (χ3v) is 8.05. The van der Waals surface area contributed by atoms with E-state index in [1.54, 1.807) is 44.3 Å². The number of nitrogens with zero attached hydrogens (tertiary/aromatic N) is 1. The van der Waals surface area contributed by atoms with Gasteiger partial charge in [0.2, 0.25) is 0 Å². The first-order chi connectivity index (χ1) is 19.6. The number of anilines is 1. The Balaban J connectivity index is 1.33. The van der Waals surface area contributed by atoms with Crippen molar-refractivity contribution < 1.29 is 23.9 Å². The van der Waals surface area contributed by atoms with Crippen molar-refractivity contribution in [1.82, 2.24) is 5.43 Å². The SMILES string of the molecule is CCOC(=O)c1c(NC(=O)c2ccc(OC(C)C(=O)N/N=C/c3ccc(C(C)(C)C)cc3)cc2)sc2c1CCCC2. The zero-order valence-electron chi connectivity index (χ0n) is 24.2. The summed E-state index contributed by atoms with van der Waals surface area (Å²) in [6, 6.07) is 14.5. The van der Waals surface area contributed by atoms with Crippen molar-refractivity contribution in [1.29, 1.82) is 0 Å². The lowest BCUT2D eigenvalue weighted by atomic mass is 9.87. The maximum absolute atomic E-state index is 13.0. The Bertz CT molecular complexity index is 1420. The van der Waals surface area contributed by atoms with Crippen LogP contribution in [0.4, 0.5) is 5.00 Å². The molecule has 9 heteroatoms. The van der Waals surface area contributed by atoms with Gasteiger partial charge in [0.25, 0.3) is 11.8 Å². The summed E-state index contributed by atoms with van der Waals surface area (Å²) in [5, 5.41) is 7.47. The van der Waals surface area contributed by atoms with Crippen LogP contribution in [0.15, 0.2) is 53.6 Å². The first kappa shape index (κ1) is 30.0. The van der Waals surface area contributed by atoms with Crippen LogP contribution in [0, 0.1) is 0 Å². The lowest BCUT2D eigenvalue weighted by molar-refractivity contribution is -0.127. The van der Waals surface area contributed by atoms with E-state index in [0.717, 1.165) is 41.7 Å². The Morgan fingerprint density at radius 1 is 1.02 bits per heavy atom. The Kier molecular flexibility index (Phi) is 9.60. The number of thiophene rings is 1. The molecule has 0 bridgehead atoms. The molecule has 2 aromatic carbocycles. The molecule has 41 heavy (non-hydrogen) atoms. The average Bonchev–Trinajstić information content (AvgIpc) is 3.31. The summed E-state index contributed by atoms with van der Waals surface area (Å²) in [6.45, 7) is 10.1. The van der Waals surface area contributed by atoms with Crippen LogP contribution < -0.4 is 15.5 Å². The Hall–Kier alpha value is -3.98. The predicted octanol–water partition coefficient (Wildman–Crippen LogP) is 6.27. The molecule has 0 spiro atoms. The zero-order chi connectivity index (χ0) is 29.6. The summed E-state index contributed by atoms with van der Waals surface area (Å²) >= 11 is 1.45. The van der Waals surface area contributed by atoms with Crippen molar-refractivity contribution in [3.05, 3.63) is 81.2 Å². The van der Waals surface area contributed by atoms with Gasteiger partial charge in [0.05, 0.1) is 18.4 Å². The summed E-state index contributed by atoms with van der Waals surface area (Å²) in [5.74, 6) is -0.704. The minimum absolute atomic E-state index is 0.0654. The monoisotopic (exact) mass is 575 g/mol. The van der Waals surface area contributed by atoms with Gasteiger partial charge in [0, 0.05) is 10.4 Å². The smallest absolute Gasteiger partial charge is 0.341 e. The summed E-state index contributed by atoms with van der Waals surface area (Å²) < 4.78 is 11.0. The van der Waals surface area contributed by atoms with Gasteiger partial charge in [-0.05, 0) is 85.9 Å². The molecule has 0 saturated carbocycles. The van der Waals surface area contributed by atoms with E-state index in [1.165, 1.54) is 16.9 Å². The number of hydrogen-bond donors (Lipinski definition) is 2. The van der Waals surface area contributed by atoms with Gasteiger partial charge >= 0.3 is 5.97 Å². The highest BCUT2D eigenvalue weighted by molar-refractivity contribution is 7.17. The van der Waals surface area contributed by atoms with Gasteiger partial charge in [0.1, 0.15) is 10.8 Å². The van der Waals surface area contributed by atoms with E-state index < -0.39 is 18.0 Å². The lowest BCUT2D eigenvalue weighted by Crippen LogP contribution is -2.33. The second-order valence-corrected chi connectivity index (χ2v) is 12.1. The van der Waals surface area contributed by atoms with E-state index in [9.17, 15) is 14.4 Å². The molecule has 1 aromatic heterocycles. The Morgan fingerprint density at radius 2 is 1.71 bits per heavy atom. The molecule has 0 aliphatic heterocycles. The molecule has 0 fully saturated rings. The Morgan fingerprint density at radius 3 is 2.37 bits per heavy atom. The number of ether oxygens (including phenoxy) is 2. The third kappa shape index (κ3) is 7.61. The number of aryl methyl sites for hydroxylation is 1. The number of nitrogens with one attached hydrogen (secondary N) is 2. The van der Waals surface area contributed by atoms with Gasteiger partial charge in [-0.1, -0.05) is 45.0 Å². The van der Waals surface area contributed by atoms with Crippen LogP contribution in [-0.2, 0) is 27.8 Å². The van der Waals surface area contributed by atoms with Crippen LogP contribution in [0.25, 0.3) is 0 Å². The van der Waals surface area contributed by atoms with Crippen LogP contribution in [0.1, 0.15) is 89.7 Å². The molecule has 1 aliphatic carbocycles. The normalized spacial score (nSPS) is 13.8. The highest BCUT2D eigenvalue weighted by Crippen LogP contribution is 2.39. The predicted molar refractivity (Wildman–Crippen MR) is 162 cm³/mol. The van der Waals surface area contributed by atoms with Gasteiger partial charge in [0.15, 0.2) is 6.10 Å². The number of carbonyl (C=O) groups is 3. The number of rotatable bonds is 9. The number of amides is 2. The van der Waals surface area contributed by atoms with Crippen LogP contribution in [0.2, 0.25) is 0 Å². The van der Waals surface area contributed by atoms with Crippen LogP contribution in [0.5, 0.6) is 5.75 Å². The first-order valence-corrected chi connectivity index (χ1v) is 14.7. The van der Waals surface area contributed by atoms with Crippen molar-refractivity contribution in [2.75, 3.05) is 11.9 Å². The van der Waals surface area contributed by atoms with Crippen molar-refractivity contribution in [2.45, 2.75) is 71.8 Å². The summed E-state index contributed by atoms with van der Waals surface area (Å²) in [7, 11) is 0. The number of fused-ring (bicyclic) bond motifs is 1. The third-order valence-electron chi connectivity index (χ3n) is 6.84. The average molecular weight is 576 g/mol. The molecule has 2 N–H and O–H groups in total. The highest BCUT2D eigenvalue weighted by atomic mass is 32.1. The molecule has 8 nitrogen and oxygen atoms in total. The van der Waals surface area contributed by atoms with E-state index in [0.29, 0.717) is 21.9 Å². The molecular formula is C32H37N3O5S. The minimum atomic E-state index is -0.806. The maximum atomic E-state index is 13.0. The maximum Gasteiger partial charge on any atom is 0.341 e. The Labute approximate surface area is 245 Å².